The zero-order valence-electron chi connectivity index (χ0n) is 26.5. The largest absolute Gasteiger partial charge is 0.487 e. The minimum atomic E-state index is -4.31. The topological polar surface area (TPSA) is 129 Å². The number of aryl methyl sites for hydroxylation is 2. The van der Waals surface area contributed by atoms with E-state index >= 15 is 0 Å². The summed E-state index contributed by atoms with van der Waals surface area (Å²) >= 11 is 0. The summed E-state index contributed by atoms with van der Waals surface area (Å²) in [7, 11) is -4.31. The molecule has 2 rings (SSSR count). The quantitative estimate of drug-likeness (QED) is 0.0774. The van der Waals surface area contributed by atoms with Gasteiger partial charge in [-0.15, -0.1) is 0 Å². The highest BCUT2D eigenvalue weighted by molar-refractivity contribution is 7.59. The van der Waals surface area contributed by atoms with Crippen molar-refractivity contribution in [3.05, 3.63) is 58.9 Å². The molecule has 9 heteroatoms. The van der Waals surface area contributed by atoms with Gasteiger partial charge < -0.3 is 10.1 Å². The van der Waals surface area contributed by atoms with Crippen molar-refractivity contribution in [3.8, 4) is 5.75 Å². The molecule has 0 bridgehead atoms. The number of benzene rings is 1. The number of Topliss-reactive ketones (excluding diaryl/α,β-unsaturated/α-hetero) is 1. The summed E-state index contributed by atoms with van der Waals surface area (Å²) in [6.45, 7) is 6.56. The smallest absolute Gasteiger partial charge is 0.411 e. The van der Waals surface area contributed by atoms with Gasteiger partial charge in [-0.1, -0.05) is 102 Å². The first kappa shape index (κ1) is 36.8. The molecular weight excluding hydrogens is 563 g/mol. The standard InChI is InChI=1S/C34H53N2O6P/c1-4-5-6-7-8-9-10-11-12-13-14-15-16-17-34(38)36-31(33(37)26-43(39,40)41)23-29-18-20-30(21-19-29)42-25-32-28(3)22-27(2)24-35-32/h18-22,24,31,39-41H,4-17,23,25-26H2,1-3H3/p+1/t31-/m0/s1. The van der Waals surface area contributed by atoms with E-state index < -0.39 is 25.9 Å². The van der Waals surface area contributed by atoms with E-state index in [0.717, 1.165) is 41.6 Å². The van der Waals surface area contributed by atoms with Gasteiger partial charge in [0.25, 0.3) is 0 Å². The molecule has 0 saturated carbocycles. The summed E-state index contributed by atoms with van der Waals surface area (Å²) < 4.78 is 5.87. The number of carbonyl (C=O) groups is 2. The molecule has 1 aromatic heterocycles. The van der Waals surface area contributed by atoms with Gasteiger partial charge in [0.15, 0.2) is 6.16 Å². The van der Waals surface area contributed by atoms with E-state index in [1.807, 2.05) is 26.0 Å². The zero-order valence-corrected chi connectivity index (χ0v) is 27.4. The molecule has 240 valence electrons. The van der Waals surface area contributed by atoms with E-state index in [0.29, 0.717) is 18.8 Å². The van der Waals surface area contributed by atoms with Crippen molar-refractivity contribution < 1.29 is 29.0 Å². The number of pyridine rings is 1. The summed E-state index contributed by atoms with van der Waals surface area (Å²) in [4.78, 5) is 58.3. The van der Waals surface area contributed by atoms with Crippen molar-refractivity contribution in [1.29, 1.82) is 0 Å². The number of ether oxygens (including phenoxy) is 1. The SMILES string of the molecule is CCCCCCCCCCCCCCCC(=O)N[C@@H](Cc1ccc(OCc2ncc(C)cc2C)cc1)C(=O)C[P+](O)(O)O. The Morgan fingerprint density at radius 2 is 1.42 bits per heavy atom. The van der Waals surface area contributed by atoms with Crippen LogP contribution < -0.4 is 10.1 Å². The number of amides is 1. The van der Waals surface area contributed by atoms with Crippen LogP contribution in [0.2, 0.25) is 0 Å². The fourth-order valence-electron chi connectivity index (χ4n) is 5.14. The Morgan fingerprint density at radius 1 is 0.860 bits per heavy atom. The lowest BCUT2D eigenvalue weighted by Gasteiger charge is -2.18. The van der Waals surface area contributed by atoms with Gasteiger partial charge >= 0.3 is 7.94 Å². The number of ketones is 1. The monoisotopic (exact) mass is 617 g/mol. The average molecular weight is 618 g/mol. The highest BCUT2D eigenvalue weighted by Crippen LogP contribution is 2.44. The van der Waals surface area contributed by atoms with Crippen LogP contribution in [-0.4, -0.2) is 43.6 Å². The second-order valence-corrected chi connectivity index (χ2v) is 13.5. The minimum Gasteiger partial charge on any atom is -0.487 e. The number of hydrogen-bond acceptors (Lipinski definition) is 7. The molecule has 43 heavy (non-hydrogen) atoms. The molecule has 0 unspecified atom stereocenters. The summed E-state index contributed by atoms with van der Waals surface area (Å²) in [5.74, 6) is -0.216. The Morgan fingerprint density at radius 3 is 1.95 bits per heavy atom. The molecule has 0 spiro atoms. The highest BCUT2D eigenvalue weighted by atomic mass is 31.2. The van der Waals surface area contributed by atoms with Crippen LogP contribution in [0, 0.1) is 13.8 Å². The van der Waals surface area contributed by atoms with Crippen LogP contribution in [0.1, 0.15) is 119 Å². The third-order valence-corrected chi connectivity index (χ3v) is 8.40. The van der Waals surface area contributed by atoms with E-state index in [1.165, 1.54) is 64.2 Å². The number of hydrogen-bond donors (Lipinski definition) is 4. The van der Waals surface area contributed by atoms with Gasteiger partial charge in [0.2, 0.25) is 11.7 Å². The third kappa shape index (κ3) is 16.9. The van der Waals surface area contributed by atoms with Gasteiger partial charge in [-0.3, -0.25) is 14.6 Å². The van der Waals surface area contributed by atoms with Crippen LogP contribution >= 0.6 is 7.94 Å². The Kier molecular flexibility index (Phi) is 17.6. The first-order chi connectivity index (χ1) is 20.6. The first-order valence-corrected chi connectivity index (χ1v) is 17.9. The van der Waals surface area contributed by atoms with Gasteiger partial charge in [0.05, 0.1) is 11.7 Å². The maximum Gasteiger partial charge on any atom is 0.411 e. The maximum absolute atomic E-state index is 12.8. The number of nitrogens with one attached hydrogen (secondary N) is 1. The van der Waals surface area contributed by atoms with Crippen LogP contribution in [0.3, 0.4) is 0 Å². The third-order valence-electron chi connectivity index (χ3n) is 7.66. The van der Waals surface area contributed by atoms with E-state index in [4.69, 9.17) is 4.74 Å². The summed E-state index contributed by atoms with van der Waals surface area (Å²) in [6, 6.07) is 8.29. The summed E-state index contributed by atoms with van der Waals surface area (Å²) in [5.41, 5.74) is 3.78. The number of rotatable bonds is 23. The number of carbonyl (C=O) groups excluding carboxylic acids is 2. The summed E-state index contributed by atoms with van der Waals surface area (Å²) in [5, 5.41) is 2.76. The van der Waals surface area contributed by atoms with Crippen LogP contribution in [0.4, 0.5) is 0 Å². The second kappa shape index (κ2) is 20.6. The zero-order chi connectivity index (χ0) is 31.5. The average Bonchev–Trinajstić information content (AvgIpc) is 2.94. The van der Waals surface area contributed by atoms with Crippen LogP contribution in [-0.2, 0) is 22.6 Å². The molecule has 0 aliphatic rings. The maximum atomic E-state index is 12.8. The van der Waals surface area contributed by atoms with E-state index in [2.05, 4.69) is 23.3 Å². The molecule has 1 atom stereocenters. The number of aromatic nitrogens is 1. The second-order valence-electron chi connectivity index (χ2n) is 11.8. The van der Waals surface area contributed by atoms with Gasteiger partial charge in [-0.2, -0.15) is 14.7 Å². The predicted molar refractivity (Wildman–Crippen MR) is 174 cm³/mol. The first-order valence-electron chi connectivity index (χ1n) is 16.1. The number of nitrogens with zero attached hydrogens (tertiary/aromatic N) is 1. The molecule has 0 saturated heterocycles. The lowest BCUT2D eigenvalue weighted by Crippen LogP contribution is -2.43. The van der Waals surface area contributed by atoms with Crippen molar-refractivity contribution in [2.75, 3.05) is 6.16 Å². The molecule has 1 amide bonds. The van der Waals surface area contributed by atoms with Crippen molar-refractivity contribution in [2.45, 2.75) is 130 Å². The van der Waals surface area contributed by atoms with Crippen molar-refractivity contribution in [2.24, 2.45) is 0 Å². The Labute approximate surface area is 259 Å². The molecule has 0 aliphatic carbocycles. The minimum absolute atomic E-state index is 0.169. The highest BCUT2D eigenvalue weighted by Gasteiger charge is 2.37. The van der Waals surface area contributed by atoms with Gasteiger partial charge in [0, 0.05) is 12.6 Å². The summed E-state index contributed by atoms with van der Waals surface area (Å²) in [6.07, 6.45) is 17.3. The van der Waals surface area contributed by atoms with E-state index in [-0.39, 0.29) is 12.3 Å². The molecule has 0 fully saturated rings. The van der Waals surface area contributed by atoms with Crippen molar-refractivity contribution in [1.82, 2.24) is 10.3 Å². The lowest BCUT2D eigenvalue weighted by molar-refractivity contribution is -0.126. The Bertz CT molecular complexity index is 1090. The fraction of sp³-hybridized carbons (Fsp3) is 0.618. The van der Waals surface area contributed by atoms with Gasteiger partial charge in [0.1, 0.15) is 12.4 Å². The van der Waals surface area contributed by atoms with E-state index in [1.54, 1.807) is 18.3 Å². The predicted octanol–water partition coefficient (Wildman–Crippen LogP) is 7.09. The van der Waals surface area contributed by atoms with Gasteiger partial charge in [-0.25, -0.2) is 0 Å². The molecule has 1 aromatic carbocycles. The number of unbranched alkanes of at least 4 members (excludes halogenated alkanes) is 12. The lowest BCUT2D eigenvalue weighted by atomic mass is 10.0. The Hall–Kier alpha value is -2.38. The fourth-order valence-corrected chi connectivity index (χ4v) is 5.78. The normalized spacial score (nSPS) is 12.2. The molecule has 0 aliphatic heterocycles. The van der Waals surface area contributed by atoms with Gasteiger partial charge in [-0.05, 0) is 55.5 Å². The van der Waals surface area contributed by atoms with E-state index in [9.17, 15) is 24.3 Å². The molecule has 0 radical (unpaired) electrons. The van der Waals surface area contributed by atoms with Crippen molar-refractivity contribution >= 4 is 19.6 Å². The van der Waals surface area contributed by atoms with Crippen LogP contribution in [0.15, 0.2) is 36.5 Å². The molecular formula is C34H54N2O6P+. The molecule has 8 nitrogen and oxygen atoms in total. The molecule has 1 heterocycles. The van der Waals surface area contributed by atoms with Crippen LogP contribution in [0.5, 0.6) is 5.75 Å². The van der Waals surface area contributed by atoms with Crippen molar-refractivity contribution in [3.63, 3.8) is 0 Å². The van der Waals surface area contributed by atoms with Crippen LogP contribution in [0.25, 0.3) is 0 Å². The molecule has 4 N–H and O–H groups in total. The Balaban J connectivity index is 1.75. The molecule has 2 aromatic rings.